The molecule has 6 aromatic rings. The number of rotatable bonds is 24. The van der Waals surface area contributed by atoms with Gasteiger partial charge in [0.15, 0.2) is 0 Å². The fraction of sp³-hybridized carbons (Fsp3) is 0.228. The van der Waals surface area contributed by atoms with E-state index < -0.39 is 73.7 Å². The molecule has 0 aliphatic heterocycles. The van der Waals surface area contributed by atoms with Gasteiger partial charge in [-0.05, 0) is 155 Å². The van der Waals surface area contributed by atoms with Crippen LogP contribution in [-0.4, -0.2) is 61.0 Å². The first-order chi connectivity index (χ1) is 36.9. The number of halogens is 9. The summed E-state index contributed by atoms with van der Waals surface area (Å²) in [6, 6.07) is 33.3. The van der Waals surface area contributed by atoms with Gasteiger partial charge in [0, 0.05) is 43.3 Å². The van der Waals surface area contributed by atoms with Gasteiger partial charge in [0.1, 0.15) is 36.2 Å². The van der Waals surface area contributed by atoms with Crippen molar-refractivity contribution in [1.82, 2.24) is 0 Å². The van der Waals surface area contributed by atoms with Crippen LogP contribution in [0.5, 0.6) is 23.0 Å². The lowest BCUT2D eigenvalue weighted by molar-refractivity contribution is -0.284. The van der Waals surface area contributed by atoms with Gasteiger partial charge < -0.3 is 39.9 Å². The number of carbonyl (C=O) groups excluding carboxylic acids is 4. The van der Waals surface area contributed by atoms with Gasteiger partial charge in [-0.1, -0.05) is 36.4 Å². The van der Waals surface area contributed by atoms with Gasteiger partial charge in [-0.15, -0.1) is 0 Å². The molecule has 0 bridgehead atoms. The number of hydrogen-bond acceptors (Lipinski definition) is 12. The van der Waals surface area contributed by atoms with Crippen LogP contribution in [0.3, 0.4) is 0 Å². The summed E-state index contributed by atoms with van der Waals surface area (Å²) in [5, 5.41) is 0. The molecule has 0 unspecified atom stereocenters. The van der Waals surface area contributed by atoms with Crippen molar-refractivity contribution >= 4 is 47.4 Å². The van der Waals surface area contributed by atoms with Crippen LogP contribution >= 0.6 is 0 Å². The monoisotopic (exact) mass is 1090 g/mol. The highest BCUT2D eigenvalue weighted by Gasteiger charge is 2.56. The molecular formula is C57H49F9N2O10. The Labute approximate surface area is 440 Å². The number of nitrogen functional groups attached to an aromatic ring is 2. The van der Waals surface area contributed by atoms with E-state index in [9.17, 15) is 58.7 Å². The van der Waals surface area contributed by atoms with E-state index >= 15 is 0 Å². The third-order valence-electron chi connectivity index (χ3n) is 11.3. The molecule has 0 amide bonds. The minimum absolute atomic E-state index is 0.104. The zero-order valence-corrected chi connectivity index (χ0v) is 41.3. The Morgan fingerprint density at radius 1 is 0.474 bits per heavy atom. The van der Waals surface area contributed by atoms with Crippen LogP contribution in [0, 0.1) is 0 Å². The molecule has 6 rings (SSSR count). The molecule has 0 aromatic heterocycles. The van der Waals surface area contributed by atoms with Gasteiger partial charge in [0.25, 0.3) is 0 Å². The van der Waals surface area contributed by atoms with Crippen molar-refractivity contribution in [1.29, 1.82) is 0 Å². The Bertz CT molecular complexity index is 2880. The zero-order valence-electron chi connectivity index (χ0n) is 41.3. The molecule has 21 heteroatoms. The number of hydrogen-bond donors (Lipinski definition) is 2. The third-order valence-corrected chi connectivity index (χ3v) is 11.3. The van der Waals surface area contributed by atoms with Crippen molar-refractivity contribution < 1.29 is 87.1 Å². The lowest BCUT2D eigenvalue weighted by Gasteiger charge is -2.22. The van der Waals surface area contributed by atoms with Crippen molar-refractivity contribution in [2.75, 3.05) is 24.7 Å². The van der Waals surface area contributed by atoms with Crippen LogP contribution in [0.15, 0.2) is 146 Å². The summed E-state index contributed by atoms with van der Waals surface area (Å²) in [6.45, 7) is -0.884. The van der Waals surface area contributed by atoms with E-state index in [-0.39, 0.29) is 67.3 Å². The average molecular weight is 1090 g/mol. The summed E-state index contributed by atoms with van der Waals surface area (Å²) in [4.78, 5) is 51.2. The number of esters is 4. The topological polar surface area (TPSA) is 176 Å². The van der Waals surface area contributed by atoms with Crippen LogP contribution < -0.4 is 30.4 Å². The zero-order chi connectivity index (χ0) is 56.7. The number of benzene rings is 6. The number of anilines is 2. The molecule has 0 saturated carbocycles. The first kappa shape index (κ1) is 58.5. The number of alkyl halides is 9. The highest BCUT2D eigenvalue weighted by Crippen LogP contribution is 2.39. The summed E-state index contributed by atoms with van der Waals surface area (Å²) in [5.41, 5.74) is 16.6. The second kappa shape index (κ2) is 25.9. The normalized spacial score (nSPS) is 12.1. The summed E-state index contributed by atoms with van der Waals surface area (Å²) in [6.07, 6.45) is -3.65. The molecular weight excluding hydrogens is 1040 g/mol. The highest BCUT2D eigenvalue weighted by atomic mass is 19.4. The largest absolute Gasteiger partial charge is 0.494 e. The smallest absolute Gasteiger partial charge is 0.453 e. The Balaban J connectivity index is 0.956. The van der Waals surface area contributed by atoms with Crippen molar-refractivity contribution in [2.45, 2.75) is 69.8 Å². The molecule has 0 spiro atoms. The van der Waals surface area contributed by atoms with Crippen LogP contribution in [0.25, 0.3) is 23.3 Å². The van der Waals surface area contributed by atoms with Crippen molar-refractivity contribution in [3.8, 4) is 34.1 Å². The Morgan fingerprint density at radius 2 is 0.833 bits per heavy atom. The van der Waals surface area contributed by atoms with Crippen molar-refractivity contribution in [2.24, 2.45) is 0 Å². The summed E-state index contributed by atoms with van der Waals surface area (Å²) in [7, 11) is 0. The first-order valence-corrected chi connectivity index (χ1v) is 23.6. The summed E-state index contributed by atoms with van der Waals surface area (Å²) < 4.78 is 149. The molecule has 78 heavy (non-hydrogen) atoms. The summed E-state index contributed by atoms with van der Waals surface area (Å²) >= 11 is 0. The van der Waals surface area contributed by atoms with E-state index in [1.807, 2.05) is 0 Å². The predicted octanol–water partition coefficient (Wildman–Crippen LogP) is 13.3. The second-order valence-corrected chi connectivity index (χ2v) is 17.4. The second-order valence-electron chi connectivity index (χ2n) is 17.4. The average Bonchev–Trinajstić information content (AvgIpc) is 3.40. The SMILES string of the molecule is CC(F)(F)C(F)(F)CCCOc1ccc(C(=O)Oc2ccc(/C=C/C(=O)OCc3cc(N)ccc3-c3ccc(N)cc3COC(=O)/C=C/c3ccc(OC(=O)c4ccc(OCCCC(F)(F)C(F)(F)F)cc4)cc3)cc2)cc1. The molecule has 0 fully saturated rings. The molecule has 0 aliphatic carbocycles. The van der Waals surface area contributed by atoms with Gasteiger partial charge >= 0.3 is 47.8 Å². The van der Waals surface area contributed by atoms with Gasteiger partial charge in [-0.3, -0.25) is 0 Å². The summed E-state index contributed by atoms with van der Waals surface area (Å²) in [5.74, 6) is -15.2. The first-order valence-electron chi connectivity index (χ1n) is 23.6. The lowest BCUT2D eigenvalue weighted by Crippen LogP contribution is -2.37. The fourth-order valence-corrected chi connectivity index (χ4v) is 7.04. The standard InChI is InChI=1S/C57H49F9N2O10/c1-54(58,59)55(60,61)28-2-30-73-44-20-10-38(11-21-44)52(71)77-46-16-4-36(5-17-46)8-26-50(69)75-34-40-32-42(67)14-24-48(40)49-25-15-43(68)33-41(49)35-76-51(70)27-9-37-6-18-47(19-7-37)78-53(72)39-12-22-45(23-13-39)74-31-3-29-56(62,63)57(64,65)66/h4-27,32-33H,2-3,28-31,34-35,67-68H2,1H3/b26-8+,27-9+. The van der Waals surface area contributed by atoms with Gasteiger partial charge in [0.05, 0.1) is 24.3 Å². The quantitative estimate of drug-likeness (QED) is 0.0147. The molecule has 0 aliphatic rings. The number of nitrogens with two attached hydrogens (primary N) is 2. The molecule has 0 radical (unpaired) electrons. The Kier molecular flexibility index (Phi) is 19.4. The maximum absolute atomic E-state index is 13.5. The van der Waals surface area contributed by atoms with E-state index in [1.54, 1.807) is 60.7 Å². The molecule has 410 valence electrons. The minimum atomic E-state index is -5.65. The van der Waals surface area contributed by atoms with Gasteiger partial charge in [0.2, 0.25) is 0 Å². The van der Waals surface area contributed by atoms with Gasteiger partial charge in [-0.25, -0.2) is 28.0 Å². The van der Waals surface area contributed by atoms with E-state index in [1.165, 1.54) is 97.1 Å². The number of ether oxygens (including phenoxy) is 6. The van der Waals surface area contributed by atoms with Crippen molar-refractivity contribution in [3.05, 3.63) is 179 Å². The minimum Gasteiger partial charge on any atom is -0.494 e. The molecule has 12 nitrogen and oxygen atoms in total. The van der Waals surface area contributed by atoms with E-state index in [4.69, 9.17) is 39.9 Å². The van der Waals surface area contributed by atoms with E-state index in [2.05, 4.69) is 0 Å². The third kappa shape index (κ3) is 17.1. The number of carbonyl (C=O) groups is 4. The lowest BCUT2D eigenvalue weighted by atomic mass is 9.95. The molecule has 0 saturated heterocycles. The Hall–Kier alpha value is -8.75. The van der Waals surface area contributed by atoms with E-state index in [0.29, 0.717) is 44.8 Å². The van der Waals surface area contributed by atoms with Crippen LogP contribution in [0.4, 0.5) is 50.9 Å². The van der Waals surface area contributed by atoms with Crippen LogP contribution in [0.2, 0.25) is 0 Å². The maximum atomic E-state index is 13.5. The van der Waals surface area contributed by atoms with E-state index in [0.717, 1.165) is 0 Å². The molecule has 6 aromatic carbocycles. The predicted molar refractivity (Wildman–Crippen MR) is 270 cm³/mol. The van der Waals surface area contributed by atoms with Gasteiger partial charge in [-0.2, -0.15) is 30.7 Å². The maximum Gasteiger partial charge on any atom is 0.453 e. The van der Waals surface area contributed by atoms with Crippen molar-refractivity contribution in [3.63, 3.8) is 0 Å². The molecule has 4 N–H and O–H groups in total. The highest BCUT2D eigenvalue weighted by molar-refractivity contribution is 5.92. The molecule has 0 atom stereocenters. The fourth-order valence-electron chi connectivity index (χ4n) is 7.04. The van der Waals surface area contributed by atoms with Crippen LogP contribution in [0.1, 0.15) is 75.6 Å². The van der Waals surface area contributed by atoms with Crippen LogP contribution in [-0.2, 0) is 32.3 Å². The molecule has 0 heterocycles. The Morgan fingerprint density at radius 3 is 1.19 bits per heavy atom.